The molecule has 1 fully saturated rings. The maximum absolute atomic E-state index is 12.4. The van der Waals surface area contributed by atoms with Crippen LogP contribution in [0.3, 0.4) is 0 Å². The Morgan fingerprint density at radius 2 is 2.05 bits per heavy atom. The molecule has 2 rings (SSSR count). The van der Waals surface area contributed by atoms with Gasteiger partial charge in [0.15, 0.2) is 0 Å². The van der Waals surface area contributed by atoms with Gasteiger partial charge in [0.25, 0.3) is 5.69 Å². The van der Waals surface area contributed by atoms with E-state index in [4.69, 9.17) is 0 Å². The van der Waals surface area contributed by atoms with E-state index >= 15 is 0 Å². The molecule has 1 atom stereocenters. The van der Waals surface area contributed by atoms with E-state index in [1.54, 1.807) is 0 Å². The van der Waals surface area contributed by atoms with Crippen LogP contribution >= 0.6 is 0 Å². The largest absolute Gasteiger partial charge is 0.316 e. The molecule has 1 heterocycles. The fourth-order valence-corrected chi connectivity index (χ4v) is 3.97. The van der Waals surface area contributed by atoms with Gasteiger partial charge in [-0.2, -0.15) is 0 Å². The third-order valence-electron chi connectivity index (χ3n) is 3.69. The third-order valence-corrected chi connectivity index (χ3v) is 5.62. The molecule has 1 aromatic rings. The summed E-state index contributed by atoms with van der Waals surface area (Å²) in [7, 11) is -1.94. The van der Waals surface area contributed by atoms with Crippen LogP contribution in [-0.2, 0) is 10.0 Å². The van der Waals surface area contributed by atoms with Gasteiger partial charge in [-0.25, -0.2) is 8.42 Å². The minimum absolute atomic E-state index is 0.0546. The summed E-state index contributed by atoms with van der Waals surface area (Å²) in [6, 6.07) is 5.52. The van der Waals surface area contributed by atoms with E-state index in [1.165, 1.54) is 35.6 Å². The number of non-ortho nitro benzene ring substituents is 1. The minimum Gasteiger partial charge on any atom is -0.316 e. The number of nitro benzene ring substituents is 1. The molecular formula is C13H19N3O4S. The smallest absolute Gasteiger partial charge is 0.269 e. The lowest BCUT2D eigenvalue weighted by molar-refractivity contribution is -0.384. The molecule has 21 heavy (non-hydrogen) atoms. The number of sulfonamides is 1. The van der Waals surface area contributed by atoms with Crippen LogP contribution in [0.15, 0.2) is 24.3 Å². The van der Waals surface area contributed by atoms with Crippen LogP contribution in [0, 0.1) is 16.0 Å². The molecule has 1 aromatic carbocycles. The molecule has 116 valence electrons. The van der Waals surface area contributed by atoms with Crippen molar-refractivity contribution in [2.24, 2.45) is 5.92 Å². The lowest BCUT2D eigenvalue weighted by Gasteiger charge is -2.26. The molecule has 1 aliphatic heterocycles. The molecule has 0 spiro atoms. The van der Waals surface area contributed by atoms with Gasteiger partial charge in [0.05, 0.1) is 16.4 Å². The first kappa shape index (κ1) is 15.7. The predicted octanol–water partition coefficient (Wildman–Crippen LogP) is 1.36. The van der Waals surface area contributed by atoms with Crippen LogP contribution in [0.1, 0.15) is 12.8 Å². The SMILES string of the molecule is CN(c1ccc([N+](=O)[O-])cc1)S(=O)(=O)CC1CCCNC1. The van der Waals surface area contributed by atoms with Gasteiger partial charge >= 0.3 is 0 Å². The summed E-state index contributed by atoms with van der Waals surface area (Å²) >= 11 is 0. The fraction of sp³-hybridized carbons (Fsp3) is 0.538. The van der Waals surface area contributed by atoms with Gasteiger partial charge in [-0.1, -0.05) is 0 Å². The molecule has 0 saturated carbocycles. The number of nitro groups is 1. The number of hydrogen-bond donors (Lipinski definition) is 1. The predicted molar refractivity (Wildman–Crippen MR) is 80.9 cm³/mol. The summed E-state index contributed by atoms with van der Waals surface area (Å²) in [5.74, 6) is 0.206. The van der Waals surface area contributed by atoms with Crippen LogP contribution in [0.25, 0.3) is 0 Å². The highest BCUT2D eigenvalue weighted by molar-refractivity contribution is 7.92. The van der Waals surface area contributed by atoms with E-state index < -0.39 is 14.9 Å². The Morgan fingerprint density at radius 1 is 1.38 bits per heavy atom. The lowest BCUT2D eigenvalue weighted by Crippen LogP contribution is -2.38. The van der Waals surface area contributed by atoms with Crippen molar-refractivity contribution >= 4 is 21.4 Å². The first-order chi connectivity index (χ1) is 9.90. The van der Waals surface area contributed by atoms with Gasteiger partial charge < -0.3 is 5.32 Å². The van der Waals surface area contributed by atoms with Crippen molar-refractivity contribution in [2.45, 2.75) is 12.8 Å². The van der Waals surface area contributed by atoms with E-state index in [-0.39, 0.29) is 17.4 Å². The number of nitrogens with one attached hydrogen (secondary N) is 1. The minimum atomic E-state index is -3.42. The molecule has 7 nitrogen and oxygen atoms in total. The Balaban J connectivity index is 2.09. The Bertz CT molecular complexity index is 594. The van der Waals surface area contributed by atoms with Gasteiger partial charge in [0.2, 0.25) is 10.0 Å². The van der Waals surface area contributed by atoms with Crippen molar-refractivity contribution in [1.29, 1.82) is 0 Å². The Kier molecular flexibility index (Phi) is 4.79. The summed E-state index contributed by atoms with van der Waals surface area (Å²) in [5.41, 5.74) is 0.380. The van der Waals surface area contributed by atoms with Gasteiger partial charge in [-0.05, 0) is 44.0 Å². The summed E-state index contributed by atoms with van der Waals surface area (Å²) in [6.07, 6.45) is 1.89. The Labute approximate surface area is 124 Å². The van der Waals surface area contributed by atoms with E-state index in [0.717, 1.165) is 19.4 Å². The summed E-state index contributed by atoms with van der Waals surface area (Å²) in [5, 5.41) is 13.8. The fourth-order valence-electron chi connectivity index (χ4n) is 2.42. The van der Waals surface area contributed by atoms with E-state index in [9.17, 15) is 18.5 Å². The Hall–Kier alpha value is -1.67. The summed E-state index contributed by atoms with van der Waals surface area (Å²) in [4.78, 5) is 10.1. The number of rotatable bonds is 5. The normalized spacial score (nSPS) is 19.2. The number of benzene rings is 1. The zero-order valence-electron chi connectivity index (χ0n) is 11.9. The first-order valence-electron chi connectivity index (χ1n) is 6.82. The number of nitrogens with zero attached hydrogens (tertiary/aromatic N) is 2. The van der Waals surface area contributed by atoms with Crippen molar-refractivity contribution in [1.82, 2.24) is 5.32 Å². The molecule has 0 amide bonds. The second-order valence-corrected chi connectivity index (χ2v) is 7.28. The van der Waals surface area contributed by atoms with Gasteiger partial charge in [-0.3, -0.25) is 14.4 Å². The van der Waals surface area contributed by atoms with Gasteiger partial charge in [0.1, 0.15) is 0 Å². The van der Waals surface area contributed by atoms with Crippen molar-refractivity contribution in [2.75, 3.05) is 30.2 Å². The molecule has 0 radical (unpaired) electrons. The molecule has 0 aliphatic carbocycles. The highest BCUT2D eigenvalue weighted by atomic mass is 32.2. The Morgan fingerprint density at radius 3 is 2.57 bits per heavy atom. The van der Waals surface area contributed by atoms with Crippen molar-refractivity contribution < 1.29 is 13.3 Å². The maximum Gasteiger partial charge on any atom is 0.269 e. The van der Waals surface area contributed by atoms with Crippen LogP contribution in [0.5, 0.6) is 0 Å². The summed E-state index contributed by atoms with van der Waals surface area (Å²) in [6.45, 7) is 1.65. The zero-order chi connectivity index (χ0) is 15.5. The highest BCUT2D eigenvalue weighted by Gasteiger charge is 2.25. The van der Waals surface area contributed by atoms with Crippen molar-refractivity contribution in [3.63, 3.8) is 0 Å². The van der Waals surface area contributed by atoms with Gasteiger partial charge in [0, 0.05) is 19.2 Å². The second-order valence-electron chi connectivity index (χ2n) is 5.23. The molecule has 0 bridgehead atoms. The maximum atomic E-state index is 12.4. The van der Waals surface area contributed by atoms with Gasteiger partial charge in [-0.15, -0.1) is 0 Å². The van der Waals surface area contributed by atoms with Crippen LogP contribution in [0.2, 0.25) is 0 Å². The van der Waals surface area contributed by atoms with Crippen molar-refractivity contribution in [3.8, 4) is 0 Å². The molecule has 1 unspecified atom stereocenters. The topological polar surface area (TPSA) is 92.5 Å². The quantitative estimate of drug-likeness (QED) is 0.654. The molecule has 1 saturated heterocycles. The standard InChI is InChI=1S/C13H19N3O4S/c1-15(12-4-6-13(7-5-12)16(17)18)21(19,20)10-11-3-2-8-14-9-11/h4-7,11,14H,2-3,8-10H2,1H3. The molecule has 0 aromatic heterocycles. The average molecular weight is 313 g/mol. The summed E-state index contributed by atoms with van der Waals surface area (Å²) < 4.78 is 26.0. The highest BCUT2D eigenvalue weighted by Crippen LogP contribution is 2.22. The van der Waals surface area contributed by atoms with Crippen LogP contribution in [-0.4, -0.2) is 39.2 Å². The lowest BCUT2D eigenvalue weighted by atomic mass is 10.0. The molecule has 1 aliphatic rings. The second kappa shape index (κ2) is 6.40. The number of anilines is 1. The van der Waals surface area contributed by atoms with Crippen LogP contribution < -0.4 is 9.62 Å². The van der Waals surface area contributed by atoms with E-state index in [1.807, 2.05) is 0 Å². The first-order valence-corrected chi connectivity index (χ1v) is 8.43. The zero-order valence-corrected chi connectivity index (χ0v) is 12.7. The average Bonchev–Trinajstić information content (AvgIpc) is 2.47. The van der Waals surface area contributed by atoms with E-state index in [0.29, 0.717) is 12.2 Å². The molecular weight excluding hydrogens is 294 g/mol. The molecule has 8 heteroatoms. The van der Waals surface area contributed by atoms with Crippen molar-refractivity contribution in [3.05, 3.63) is 34.4 Å². The monoisotopic (exact) mass is 313 g/mol. The number of piperidine rings is 1. The molecule has 1 N–H and O–H groups in total. The third kappa shape index (κ3) is 3.92. The van der Waals surface area contributed by atoms with E-state index in [2.05, 4.69) is 5.32 Å². The number of hydrogen-bond acceptors (Lipinski definition) is 5. The van der Waals surface area contributed by atoms with Crippen LogP contribution in [0.4, 0.5) is 11.4 Å².